The smallest absolute Gasteiger partial charge is 0.161 e. The van der Waals surface area contributed by atoms with Crippen molar-refractivity contribution in [3.05, 3.63) is 16.8 Å². The van der Waals surface area contributed by atoms with Crippen molar-refractivity contribution in [1.29, 1.82) is 0 Å². The van der Waals surface area contributed by atoms with Gasteiger partial charge >= 0.3 is 0 Å². The number of aromatic nitrogens is 2. The van der Waals surface area contributed by atoms with E-state index in [-0.39, 0.29) is 0 Å². The standard InChI is InChI=1S/C4H5N3S/c5-4-3(8)1-2-6-7-4/h1-2H,(H2,5,7)(H,6,8). The van der Waals surface area contributed by atoms with Crippen LogP contribution in [-0.4, -0.2) is 10.2 Å². The van der Waals surface area contributed by atoms with E-state index < -0.39 is 0 Å². The number of nitrogens with zero attached hydrogens (tertiary/aromatic N) is 1. The van der Waals surface area contributed by atoms with Crippen molar-refractivity contribution in [2.24, 2.45) is 0 Å². The second kappa shape index (κ2) is 1.92. The van der Waals surface area contributed by atoms with Crippen molar-refractivity contribution in [3.63, 3.8) is 0 Å². The predicted molar refractivity (Wildman–Crippen MR) is 33.8 cm³/mol. The van der Waals surface area contributed by atoms with Gasteiger partial charge in [-0.05, 0) is 6.07 Å². The number of hydrogen-bond donors (Lipinski definition) is 2. The van der Waals surface area contributed by atoms with Crippen LogP contribution in [0.3, 0.4) is 0 Å². The lowest BCUT2D eigenvalue weighted by molar-refractivity contribution is 1.04. The van der Waals surface area contributed by atoms with Gasteiger partial charge in [-0.2, -0.15) is 5.10 Å². The molecule has 0 amide bonds. The lowest BCUT2D eigenvalue weighted by Crippen LogP contribution is -1.91. The van der Waals surface area contributed by atoms with E-state index >= 15 is 0 Å². The van der Waals surface area contributed by atoms with Crippen molar-refractivity contribution in [2.45, 2.75) is 0 Å². The number of hydrogen-bond acceptors (Lipinski definition) is 3. The average molecular weight is 127 g/mol. The number of H-pyrrole nitrogens is 1. The van der Waals surface area contributed by atoms with E-state index in [0.717, 1.165) is 0 Å². The van der Waals surface area contributed by atoms with Crippen LogP contribution in [0.4, 0.5) is 5.82 Å². The summed E-state index contributed by atoms with van der Waals surface area (Å²) in [5.41, 5.74) is 5.27. The van der Waals surface area contributed by atoms with E-state index in [4.69, 9.17) is 18.0 Å². The highest BCUT2D eigenvalue weighted by molar-refractivity contribution is 7.71. The Kier molecular flexibility index (Phi) is 1.26. The van der Waals surface area contributed by atoms with E-state index in [9.17, 15) is 0 Å². The number of nitrogen functional groups attached to an aromatic ring is 1. The fourth-order valence-electron chi connectivity index (χ4n) is 0.360. The van der Waals surface area contributed by atoms with Crippen LogP contribution in [0.2, 0.25) is 0 Å². The molecule has 3 nitrogen and oxygen atoms in total. The van der Waals surface area contributed by atoms with Gasteiger partial charge in [-0.25, -0.2) is 0 Å². The van der Waals surface area contributed by atoms with Crippen molar-refractivity contribution in [2.75, 3.05) is 5.73 Å². The van der Waals surface area contributed by atoms with Crippen LogP contribution in [0.5, 0.6) is 0 Å². The van der Waals surface area contributed by atoms with Crippen LogP contribution in [0.25, 0.3) is 0 Å². The zero-order valence-corrected chi connectivity index (χ0v) is 4.90. The SMILES string of the molecule is Nc1n[nH]ccc1=S. The van der Waals surface area contributed by atoms with E-state index in [1.807, 2.05) is 0 Å². The minimum absolute atomic E-state index is 0.377. The van der Waals surface area contributed by atoms with Gasteiger partial charge < -0.3 is 5.73 Å². The Morgan fingerprint density at radius 3 is 2.88 bits per heavy atom. The van der Waals surface area contributed by atoms with Gasteiger partial charge in [-0.3, -0.25) is 5.10 Å². The molecular formula is C4H5N3S. The normalized spacial score (nSPS) is 9.00. The summed E-state index contributed by atoms with van der Waals surface area (Å²) in [6, 6.07) is 1.69. The molecule has 8 heavy (non-hydrogen) atoms. The van der Waals surface area contributed by atoms with E-state index in [2.05, 4.69) is 10.2 Å². The zero-order valence-electron chi connectivity index (χ0n) is 4.09. The third kappa shape index (κ3) is 0.840. The minimum Gasteiger partial charge on any atom is -0.381 e. The molecule has 0 aliphatic heterocycles. The largest absolute Gasteiger partial charge is 0.381 e. The molecule has 1 aromatic rings. The molecule has 0 aromatic carbocycles. The second-order valence-electron chi connectivity index (χ2n) is 1.32. The molecule has 1 heterocycles. The maximum atomic E-state index is 5.27. The van der Waals surface area contributed by atoms with Crippen LogP contribution in [0.15, 0.2) is 12.3 Å². The zero-order chi connectivity index (χ0) is 5.98. The monoisotopic (exact) mass is 127 g/mol. The lowest BCUT2D eigenvalue weighted by Gasteiger charge is -1.85. The van der Waals surface area contributed by atoms with Crippen molar-refractivity contribution in [3.8, 4) is 0 Å². The summed E-state index contributed by atoms with van der Waals surface area (Å²) in [4.78, 5) is 0. The van der Waals surface area contributed by atoms with Crippen LogP contribution in [0.1, 0.15) is 0 Å². The van der Waals surface area contributed by atoms with E-state index in [0.29, 0.717) is 10.3 Å². The molecule has 42 valence electrons. The molecule has 0 aliphatic carbocycles. The van der Waals surface area contributed by atoms with Crippen molar-refractivity contribution in [1.82, 2.24) is 10.2 Å². The van der Waals surface area contributed by atoms with Gasteiger partial charge in [0.15, 0.2) is 5.82 Å². The third-order valence-electron chi connectivity index (χ3n) is 0.747. The summed E-state index contributed by atoms with van der Waals surface area (Å²) in [6.07, 6.45) is 1.64. The topological polar surface area (TPSA) is 54.7 Å². The fourth-order valence-corrected chi connectivity index (χ4v) is 0.474. The van der Waals surface area contributed by atoms with E-state index in [1.54, 1.807) is 12.3 Å². The highest BCUT2D eigenvalue weighted by Gasteiger charge is 1.82. The number of aromatic amines is 1. The number of rotatable bonds is 0. The molecule has 0 saturated heterocycles. The molecule has 0 atom stereocenters. The molecule has 0 unspecified atom stereocenters. The first kappa shape index (κ1) is 5.24. The van der Waals surface area contributed by atoms with Crippen LogP contribution >= 0.6 is 12.2 Å². The number of anilines is 1. The Morgan fingerprint density at radius 2 is 2.50 bits per heavy atom. The van der Waals surface area contributed by atoms with Crippen LogP contribution in [0, 0.1) is 4.51 Å². The van der Waals surface area contributed by atoms with E-state index in [1.165, 1.54) is 0 Å². The molecule has 1 aromatic heterocycles. The molecule has 1 rings (SSSR count). The molecule has 0 radical (unpaired) electrons. The predicted octanol–water partition coefficient (Wildman–Crippen LogP) is 0.721. The molecule has 3 N–H and O–H groups in total. The first-order valence-corrected chi connectivity index (χ1v) is 2.51. The first-order chi connectivity index (χ1) is 3.80. The Labute approximate surface area is 51.5 Å². The summed E-state index contributed by atoms with van der Waals surface area (Å²) in [5.74, 6) is 0.377. The maximum absolute atomic E-state index is 5.27. The average Bonchev–Trinajstić information content (AvgIpc) is 1.77. The number of nitrogens with one attached hydrogen (secondary N) is 1. The maximum Gasteiger partial charge on any atom is 0.161 e. The fraction of sp³-hybridized carbons (Fsp3) is 0. The van der Waals surface area contributed by atoms with Gasteiger partial charge in [-0.1, -0.05) is 12.2 Å². The van der Waals surface area contributed by atoms with Gasteiger partial charge in [-0.15, -0.1) is 0 Å². The van der Waals surface area contributed by atoms with Crippen LogP contribution in [-0.2, 0) is 0 Å². The Morgan fingerprint density at radius 1 is 1.75 bits per heavy atom. The summed E-state index contributed by atoms with van der Waals surface area (Å²) >= 11 is 4.75. The van der Waals surface area contributed by atoms with Gasteiger partial charge in [0, 0.05) is 6.20 Å². The van der Waals surface area contributed by atoms with Gasteiger partial charge in [0.2, 0.25) is 0 Å². The summed E-state index contributed by atoms with van der Waals surface area (Å²) in [6.45, 7) is 0. The summed E-state index contributed by atoms with van der Waals surface area (Å²) < 4.78 is 0.587. The first-order valence-electron chi connectivity index (χ1n) is 2.10. The highest BCUT2D eigenvalue weighted by Crippen LogP contribution is 1.94. The Hall–Kier alpha value is -0.900. The molecule has 0 spiro atoms. The molecule has 0 bridgehead atoms. The molecule has 0 aliphatic rings. The quantitative estimate of drug-likeness (QED) is 0.505. The third-order valence-corrected chi connectivity index (χ3v) is 1.09. The van der Waals surface area contributed by atoms with Crippen molar-refractivity contribution < 1.29 is 0 Å². The Bertz CT molecular complexity index is 229. The molecule has 0 saturated carbocycles. The molecule has 4 heteroatoms. The molecular weight excluding hydrogens is 122 g/mol. The van der Waals surface area contributed by atoms with Gasteiger partial charge in [0.05, 0.1) is 4.51 Å². The summed E-state index contributed by atoms with van der Waals surface area (Å²) in [7, 11) is 0. The Balaban J connectivity index is 3.35. The van der Waals surface area contributed by atoms with Gasteiger partial charge in [0.1, 0.15) is 0 Å². The highest BCUT2D eigenvalue weighted by atomic mass is 32.1. The summed E-state index contributed by atoms with van der Waals surface area (Å²) in [5, 5.41) is 6.19. The molecule has 0 fully saturated rings. The van der Waals surface area contributed by atoms with Crippen molar-refractivity contribution >= 4 is 18.0 Å². The minimum atomic E-state index is 0.377. The lowest BCUT2D eigenvalue weighted by atomic mass is 10.5. The van der Waals surface area contributed by atoms with Gasteiger partial charge in [0.25, 0.3) is 0 Å². The number of nitrogens with two attached hydrogens (primary N) is 1. The second-order valence-corrected chi connectivity index (χ2v) is 1.76. The van der Waals surface area contributed by atoms with Crippen LogP contribution < -0.4 is 5.73 Å².